The Morgan fingerprint density at radius 1 is 1.28 bits per heavy atom. The van der Waals surface area contributed by atoms with E-state index in [9.17, 15) is 13.2 Å². The van der Waals surface area contributed by atoms with Crippen LogP contribution in [-0.2, 0) is 14.6 Å². The van der Waals surface area contributed by atoms with E-state index in [1.54, 1.807) is 0 Å². The summed E-state index contributed by atoms with van der Waals surface area (Å²) >= 11 is 0. The highest BCUT2D eigenvalue weighted by molar-refractivity contribution is 7.92. The summed E-state index contributed by atoms with van der Waals surface area (Å²) in [5, 5.41) is 6.01. The van der Waals surface area contributed by atoms with Crippen molar-refractivity contribution in [3.8, 4) is 0 Å². The summed E-state index contributed by atoms with van der Waals surface area (Å²) in [5.74, 6) is -0.584. The van der Waals surface area contributed by atoms with Gasteiger partial charge in [0.15, 0.2) is 9.84 Å². The molecule has 1 rings (SSSR count). The van der Waals surface area contributed by atoms with Crippen molar-refractivity contribution in [3.63, 3.8) is 0 Å². The van der Waals surface area contributed by atoms with Gasteiger partial charge in [-0.3, -0.25) is 4.79 Å². The quantitative estimate of drug-likeness (QED) is 0.662. The zero-order chi connectivity index (χ0) is 13.4. The number of unbranched alkanes of at least 4 members (excludes halogenated alkanes) is 2. The minimum absolute atomic E-state index is 0.125. The van der Waals surface area contributed by atoms with Gasteiger partial charge in [-0.15, -0.1) is 0 Å². The van der Waals surface area contributed by atoms with Gasteiger partial charge in [-0.1, -0.05) is 19.8 Å². The minimum atomic E-state index is -3.23. The molecule has 1 aliphatic rings. The molecule has 1 amide bonds. The SMILES string of the molecule is CCCCCS(=O)(=O)CC(=O)NC1CCNCC1. The van der Waals surface area contributed by atoms with E-state index in [0.29, 0.717) is 6.42 Å². The molecular weight excluding hydrogens is 252 g/mol. The van der Waals surface area contributed by atoms with Gasteiger partial charge in [-0.05, 0) is 32.4 Å². The van der Waals surface area contributed by atoms with Gasteiger partial charge >= 0.3 is 0 Å². The van der Waals surface area contributed by atoms with Crippen LogP contribution in [0.2, 0.25) is 0 Å². The Balaban J connectivity index is 2.29. The maximum atomic E-state index is 11.7. The smallest absolute Gasteiger partial charge is 0.235 e. The average Bonchev–Trinajstić information content (AvgIpc) is 2.29. The molecule has 1 fully saturated rings. The van der Waals surface area contributed by atoms with Crippen molar-refractivity contribution in [2.45, 2.75) is 45.1 Å². The van der Waals surface area contributed by atoms with Gasteiger partial charge < -0.3 is 10.6 Å². The van der Waals surface area contributed by atoms with Gasteiger partial charge in [0.2, 0.25) is 5.91 Å². The molecular formula is C12H24N2O3S. The van der Waals surface area contributed by atoms with Crippen molar-refractivity contribution in [2.24, 2.45) is 0 Å². The Labute approximate surface area is 110 Å². The molecule has 18 heavy (non-hydrogen) atoms. The minimum Gasteiger partial charge on any atom is -0.352 e. The number of nitrogens with one attached hydrogen (secondary N) is 2. The van der Waals surface area contributed by atoms with Crippen LogP contribution in [0.15, 0.2) is 0 Å². The van der Waals surface area contributed by atoms with Gasteiger partial charge in [0.25, 0.3) is 0 Å². The van der Waals surface area contributed by atoms with E-state index >= 15 is 0 Å². The summed E-state index contributed by atoms with van der Waals surface area (Å²) in [6.07, 6.45) is 4.29. The molecule has 5 nitrogen and oxygen atoms in total. The Morgan fingerprint density at radius 2 is 1.94 bits per heavy atom. The molecule has 0 radical (unpaired) electrons. The zero-order valence-electron chi connectivity index (χ0n) is 11.1. The first-order valence-corrected chi connectivity index (χ1v) is 8.56. The van der Waals surface area contributed by atoms with Crippen molar-refractivity contribution < 1.29 is 13.2 Å². The van der Waals surface area contributed by atoms with Gasteiger partial charge in [0.05, 0.1) is 5.75 Å². The summed E-state index contributed by atoms with van der Waals surface area (Å²) in [7, 11) is -3.23. The van der Waals surface area contributed by atoms with E-state index < -0.39 is 9.84 Å². The number of carbonyl (C=O) groups is 1. The lowest BCUT2D eigenvalue weighted by atomic mass is 10.1. The fourth-order valence-corrected chi connectivity index (χ4v) is 3.35. The maximum Gasteiger partial charge on any atom is 0.235 e. The third-order valence-corrected chi connectivity index (χ3v) is 4.73. The second-order valence-electron chi connectivity index (χ2n) is 4.89. The van der Waals surface area contributed by atoms with E-state index in [2.05, 4.69) is 10.6 Å². The summed E-state index contributed by atoms with van der Waals surface area (Å²) < 4.78 is 23.4. The summed E-state index contributed by atoms with van der Waals surface area (Å²) in [4.78, 5) is 11.6. The molecule has 0 aromatic carbocycles. The van der Waals surface area contributed by atoms with E-state index in [1.807, 2.05) is 6.92 Å². The lowest BCUT2D eigenvalue weighted by Gasteiger charge is -2.23. The van der Waals surface area contributed by atoms with Crippen LogP contribution in [-0.4, -0.2) is 45.0 Å². The summed E-state index contributed by atoms with van der Waals surface area (Å²) in [6, 6.07) is 0.129. The van der Waals surface area contributed by atoms with Crippen LogP contribution in [0.1, 0.15) is 39.0 Å². The largest absolute Gasteiger partial charge is 0.352 e. The van der Waals surface area contributed by atoms with Crippen LogP contribution in [0.25, 0.3) is 0 Å². The molecule has 1 saturated heterocycles. The number of carbonyl (C=O) groups excluding carboxylic acids is 1. The first-order valence-electron chi connectivity index (χ1n) is 6.74. The molecule has 1 heterocycles. The number of hydrogen-bond donors (Lipinski definition) is 2. The molecule has 0 unspecified atom stereocenters. The highest BCUT2D eigenvalue weighted by Crippen LogP contribution is 2.03. The van der Waals surface area contributed by atoms with Crippen LogP contribution in [0.4, 0.5) is 0 Å². The third kappa shape index (κ3) is 6.35. The van der Waals surface area contributed by atoms with Crippen molar-refractivity contribution in [3.05, 3.63) is 0 Å². The molecule has 0 spiro atoms. The van der Waals surface area contributed by atoms with Gasteiger partial charge in [0.1, 0.15) is 5.75 Å². The van der Waals surface area contributed by atoms with Crippen LogP contribution >= 0.6 is 0 Å². The van der Waals surface area contributed by atoms with Crippen molar-refractivity contribution in [1.29, 1.82) is 0 Å². The van der Waals surface area contributed by atoms with E-state index in [4.69, 9.17) is 0 Å². The third-order valence-electron chi connectivity index (χ3n) is 3.11. The molecule has 0 aromatic rings. The molecule has 0 bridgehead atoms. The monoisotopic (exact) mass is 276 g/mol. The van der Waals surface area contributed by atoms with Crippen molar-refractivity contribution >= 4 is 15.7 Å². The summed E-state index contributed by atoms with van der Waals surface area (Å²) in [5.41, 5.74) is 0. The van der Waals surface area contributed by atoms with Crippen LogP contribution in [0.3, 0.4) is 0 Å². The Morgan fingerprint density at radius 3 is 2.56 bits per heavy atom. The van der Waals surface area contributed by atoms with Gasteiger partial charge in [-0.25, -0.2) is 8.42 Å². The maximum absolute atomic E-state index is 11.7. The fraction of sp³-hybridized carbons (Fsp3) is 0.917. The number of amides is 1. The first-order chi connectivity index (χ1) is 8.53. The number of sulfone groups is 1. The van der Waals surface area contributed by atoms with Gasteiger partial charge in [0, 0.05) is 6.04 Å². The topological polar surface area (TPSA) is 75.3 Å². The first kappa shape index (κ1) is 15.4. The lowest BCUT2D eigenvalue weighted by molar-refractivity contribution is -0.119. The molecule has 106 valence electrons. The highest BCUT2D eigenvalue weighted by atomic mass is 32.2. The highest BCUT2D eigenvalue weighted by Gasteiger charge is 2.20. The number of hydrogen-bond acceptors (Lipinski definition) is 4. The average molecular weight is 276 g/mol. The molecule has 6 heteroatoms. The molecule has 0 atom stereocenters. The van der Waals surface area contributed by atoms with Crippen LogP contribution in [0.5, 0.6) is 0 Å². The van der Waals surface area contributed by atoms with Crippen LogP contribution in [0, 0.1) is 0 Å². The summed E-state index contributed by atoms with van der Waals surface area (Å²) in [6.45, 7) is 3.79. The number of piperidine rings is 1. The van der Waals surface area contributed by atoms with Crippen molar-refractivity contribution in [2.75, 3.05) is 24.6 Å². The lowest BCUT2D eigenvalue weighted by Crippen LogP contribution is -2.44. The van der Waals surface area contributed by atoms with E-state index in [-0.39, 0.29) is 23.5 Å². The molecule has 0 aliphatic carbocycles. The second-order valence-corrected chi connectivity index (χ2v) is 7.07. The molecule has 0 saturated carbocycles. The molecule has 1 aliphatic heterocycles. The van der Waals surface area contributed by atoms with E-state index in [0.717, 1.165) is 38.8 Å². The van der Waals surface area contributed by atoms with Crippen LogP contribution < -0.4 is 10.6 Å². The van der Waals surface area contributed by atoms with Gasteiger partial charge in [-0.2, -0.15) is 0 Å². The van der Waals surface area contributed by atoms with E-state index in [1.165, 1.54) is 0 Å². The predicted molar refractivity (Wildman–Crippen MR) is 72.2 cm³/mol. The standard InChI is InChI=1S/C12H24N2O3S/c1-2-3-4-9-18(16,17)10-12(15)14-11-5-7-13-8-6-11/h11,13H,2-10H2,1H3,(H,14,15). The fourth-order valence-electron chi connectivity index (χ4n) is 2.08. The second kappa shape index (κ2) is 7.74. The predicted octanol–water partition coefficient (Wildman–Crippen LogP) is 0.460. The normalized spacial score (nSPS) is 17.6. The Kier molecular flexibility index (Phi) is 6.63. The van der Waals surface area contributed by atoms with Crippen molar-refractivity contribution in [1.82, 2.24) is 10.6 Å². The zero-order valence-corrected chi connectivity index (χ0v) is 11.9. The molecule has 2 N–H and O–H groups in total. The number of rotatable bonds is 7. The Bertz CT molecular complexity index is 348. The Hall–Kier alpha value is -0.620. The molecule has 0 aromatic heterocycles.